The van der Waals surface area contributed by atoms with Gasteiger partial charge in [0.2, 0.25) is 0 Å². The molecule has 0 aliphatic heterocycles. The van der Waals surface area contributed by atoms with Crippen LogP contribution in [0.1, 0.15) is 12.5 Å². The SMILES string of the molecule is CCSc1ccc(CCN(C)CN)cc1. The Morgan fingerprint density at radius 1 is 1.27 bits per heavy atom. The molecule has 1 aromatic carbocycles. The molecule has 0 amide bonds. The van der Waals surface area contributed by atoms with Crippen LogP contribution in [0.25, 0.3) is 0 Å². The van der Waals surface area contributed by atoms with E-state index >= 15 is 0 Å². The molecule has 0 aromatic heterocycles. The van der Waals surface area contributed by atoms with Crippen molar-refractivity contribution in [2.24, 2.45) is 5.73 Å². The predicted octanol–water partition coefficient (Wildman–Crippen LogP) is 2.19. The van der Waals surface area contributed by atoms with E-state index < -0.39 is 0 Å². The molecule has 0 saturated heterocycles. The van der Waals surface area contributed by atoms with E-state index in [0.717, 1.165) is 18.7 Å². The third-order valence-electron chi connectivity index (χ3n) is 2.33. The van der Waals surface area contributed by atoms with E-state index in [0.29, 0.717) is 6.67 Å². The van der Waals surface area contributed by atoms with Crippen molar-refractivity contribution in [2.45, 2.75) is 18.2 Å². The zero-order valence-corrected chi connectivity index (χ0v) is 10.4. The van der Waals surface area contributed by atoms with Crippen molar-refractivity contribution in [3.8, 4) is 0 Å². The van der Waals surface area contributed by atoms with Crippen LogP contribution in [0.5, 0.6) is 0 Å². The van der Waals surface area contributed by atoms with Crippen LogP contribution in [-0.2, 0) is 6.42 Å². The van der Waals surface area contributed by atoms with Gasteiger partial charge in [-0.1, -0.05) is 19.1 Å². The highest BCUT2D eigenvalue weighted by Gasteiger charge is 1.97. The summed E-state index contributed by atoms with van der Waals surface area (Å²) >= 11 is 1.88. The Balaban J connectivity index is 2.42. The molecule has 0 spiro atoms. The van der Waals surface area contributed by atoms with Crippen LogP contribution in [0, 0.1) is 0 Å². The predicted molar refractivity (Wildman–Crippen MR) is 68.2 cm³/mol. The Kier molecular flexibility index (Phi) is 5.76. The molecule has 2 nitrogen and oxygen atoms in total. The van der Waals surface area contributed by atoms with Crippen molar-refractivity contribution >= 4 is 11.8 Å². The largest absolute Gasteiger partial charge is 0.318 e. The third-order valence-corrected chi connectivity index (χ3v) is 3.22. The average Bonchev–Trinajstić information content (AvgIpc) is 2.28. The fraction of sp³-hybridized carbons (Fsp3) is 0.500. The van der Waals surface area contributed by atoms with Crippen LogP contribution in [0.15, 0.2) is 29.2 Å². The van der Waals surface area contributed by atoms with Crippen LogP contribution in [-0.4, -0.2) is 30.9 Å². The summed E-state index contributed by atoms with van der Waals surface area (Å²) in [5, 5.41) is 0. The maximum absolute atomic E-state index is 5.52. The van der Waals surface area contributed by atoms with Crippen molar-refractivity contribution in [1.29, 1.82) is 0 Å². The van der Waals surface area contributed by atoms with Crippen LogP contribution in [0.3, 0.4) is 0 Å². The van der Waals surface area contributed by atoms with Crippen molar-refractivity contribution in [1.82, 2.24) is 4.90 Å². The average molecular weight is 224 g/mol. The first-order chi connectivity index (χ1) is 7.26. The van der Waals surface area contributed by atoms with Gasteiger partial charge in [0.15, 0.2) is 0 Å². The first kappa shape index (κ1) is 12.6. The van der Waals surface area contributed by atoms with E-state index in [1.165, 1.54) is 10.5 Å². The fourth-order valence-electron chi connectivity index (χ4n) is 1.33. The maximum atomic E-state index is 5.52. The van der Waals surface area contributed by atoms with Crippen molar-refractivity contribution in [3.05, 3.63) is 29.8 Å². The van der Waals surface area contributed by atoms with Crippen LogP contribution in [0.2, 0.25) is 0 Å². The molecule has 1 rings (SSSR count). The normalized spacial score (nSPS) is 10.9. The number of likely N-dealkylation sites (N-methyl/N-ethyl adjacent to an activating group) is 1. The Hall–Kier alpha value is -0.510. The molecule has 0 saturated carbocycles. The topological polar surface area (TPSA) is 29.3 Å². The van der Waals surface area contributed by atoms with E-state index in [4.69, 9.17) is 5.73 Å². The van der Waals surface area contributed by atoms with Gasteiger partial charge in [-0.25, -0.2) is 0 Å². The fourth-order valence-corrected chi connectivity index (χ4v) is 1.99. The number of hydrogen-bond donors (Lipinski definition) is 1. The summed E-state index contributed by atoms with van der Waals surface area (Å²) < 4.78 is 0. The van der Waals surface area contributed by atoms with E-state index in [9.17, 15) is 0 Å². The molecule has 84 valence electrons. The number of benzene rings is 1. The standard InChI is InChI=1S/C12H20N2S/c1-3-15-12-6-4-11(5-7-12)8-9-14(2)10-13/h4-7H,3,8-10,13H2,1-2H3. The van der Waals surface area contributed by atoms with Gasteiger partial charge in [0.1, 0.15) is 0 Å². The smallest absolute Gasteiger partial charge is 0.0452 e. The molecule has 0 unspecified atom stereocenters. The van der Waals surface area contributed by atoms with Crippen LogP contribution >= 0.6 is 11.8 Å². The number of nitrogens with two attached hydrogens (primary N) is 1. The molecule has 2 N–H and O–H groups in total. The van der Waals surface area contributed by atoms with Gasteiger partial charge in [-0.3, -0.25) is 4.90 Å². The Bertz CT molecular complexity index is 271. The highest BCUT2D eigenvalue weighted by atomic mass is 32.2. The van der Waals surface area contributed by atoms with Crippen LogP contribution < -0.4 is 5.73 Å². The molecule has 0 aliphatic carbocycles. The summed E-state index contributed by atoms with van der Waals surface area (Å²) in [5.41, 5.74) is 6.91. The lowest BCUT2D eigenvalue weighted by molar-refractivity contribution is 0.349. The number of hydrogen-bond acceptors (Lipinski definition) is 3. The molecule has 0 radical (unpaired) electrons. The highest BCUT2D eigenvalue weighted by molar-refractivity contribution is 7.99. The second kappa shape index (κ2) is 6.88. The van der Waals surface area contributed by atoms with Gasteiger partial charge in [0.25, 0.3) is 0 Å². The maximum Gasteiger partial charge on any atom is 0.0452 e. The minimum absolute atomic E-state index is 0.629. The summed E-state index contributed by atoms with van der Waals surface area (Å²) in [6.45, 7) is 3.83. The molecular formula is C12H20N2S. The van der Waals surface area contributed by atoms with Crippen molar-refractivity contribution < 1.29 is 0 Å². The number of rotatable bonds is 6. The zero-order chi connectivity index (χ0) is 11.1. The third kappa shape index (κ3) is 4.69. The van der Waals surface area contributed by atoms with Crippen LogP contribution in [0.4, 0.5) is 0 Å². The number of thioether (sulfide) groups is 1. The second-order valence-electron chi connectivity index (χ2n) is 3.59. The quantitative estimate of drug-likeness (QED) is 0.593. The van der Waals surface area contributed by atoms with E-state index in [-0.39, 0.29) is 0 Å². The van der Waals surface area contributed by atoms with Gasteiger partial charge >= 0.3 is 0 Å². The van der Waals surface area contributed by atoms with Gasteiger partial charge < -0.3 is 5.73 Å². The lowest BCUT2D eigenvalue weighted by Crippen LogP contribution is -2.27. The van der Waals surface area contributed by atoms with Gasteiger partial charge in [-0.15, -0.1) is 11.8 Å². The second-order valence-corrected chi connectivity index (χ2v) is 4.93. The molecule has 0 atom stereocenters. The van der Waals surface area contributed by atoms with E-state index in [1.54, 1.807) is 0 Å². The van der Waals surface area contributed by atoms with Crippen molar-refractivity contribution in [2.75, 3.05) is 26.0 Å². The minimum Gasteiger partial charge on any atom is -0.318 e. The first-order valence-corrected chi connectivity index (χ1v) is 6.35. The summed E-state index contributed by atoms with van der Waals surface area (Å²) in [6.07, 6.45) is 1.07. The number of nitrogens with zero attached hydrogens (tertiary/aromatic N) is 1. The van der Waals surface area contributed by atoms with Gasteiger partial charge in [-0.2, -0.15) is 0 Å². The van der Waals surface area contributed by atoms with E-state index in [1.807, 2.05) is 18.8 Å². The van der Waals surface area contributed by atoms with Gasteiger partial charge in [-0.05, 0) is 36.9 Å². The minimum atomic E-state index is 0.629. The molecule has 15 heavy (non-hydrogen) atoms. The Morgan fingerprint density at radius 3 is 2.47 bits per heavy atom. The molecule has 0 heterocycles. The molecule has 1 aromatic rings. The lowest BCUT2D eigenvalue weighted by atomic mass is 10.1. The molecule has 3 heteroatoms. The van der Waals surface area contributed by atoms with Crippen molar-refractivity contribution in [3.63, 3.8) is 0 Å². The van der Waals surface area contributed by atoms with Gasteiger partial charge in [0, 0.05) is 18.1 Å². The zero-order valence-electron chi connectivity index (χ0n) is 9.57. The molecule has 0 aliphatic rings. The van der Waals surface area contributed by atoms with E-state index in [2.05, 4.69) is 36.1 Å². The molecule has 0 fully saturated rings. The summed E-state index contributed by atoms with van der Waals surface area (Å²) in [5.74, 6) is 1.13. The molecule has 0 bridgehead atoms. The molecular weight excluding hydrogens is 204 g/mol. The Labute approximate surface area is 96.8 Å². The summed E-state index contributed by atoms with van der Waals surface area (Å²) in [7, 11) is 2.04. The highest BCUT2D eigenvalue weighted by Crippen LogP contribution is 2.17. The Morgan fingerprint density at radius 2 is 1.93 bits per heavy atom. The summed E-state index contributed by atoms with van der Waals surface area (Å²) in [4.78, 5) is 3.47. The van der Waals surface area contributed by atoms with Gasteiger partial charge in [0.05, 0.1) is 0 Å². The first-order valence-electron chi connectivity index (χ1n) is 5.36. The monoisotopic (exact) mass is 224 g/mol. The lowest BCUT2D eigenvalue weighted by Gasteiger charge is -2.13. The summed E-state index contributed by atoms with van der Waals surface area (Å²) in [6, 6.07) is 8.82.